The lowest BCUT2D eigenvalue weighted by molar-refractivity contribution is -0.122. The molecule has 1 heterocycles. The van der Waals surface area contributed by atoms with Crippen molar-refractivity contribution >= 4 is 28.5 Å². The molecule has 0 atom stereocenters. The molecule has 0 unspecified atom stereocenters. The Morgan fingerprint density at radius 1 is 1.38 bits per heavy atom. The molecular weight excluding hydrogens is 286 g/mol. The summed E-state index contributed by atoms with van der Waals surface area (Å²) in [5.74, 6) is 1.19. The Morgan fingerprint density at radius 3 is 2.71 bits per heavy atom. The molecule has 21 heavy (non-hydrogen) atoms. The van der Waals surface area contributed by atoms with Crippen molar-refractivity contribution in [1.29, 1.82) is 0 Å². The summed E-state index contributed by atoms with van der Waals surface area (Å²) in [6.45, 7) is 8.56. The fraction of sp³-hybridized carbons (Fsp3) is 0.500. The van der Waals surface area contributed by atoms with Gasteiger partial charge in [0.25, 0.3) is 0 Å². The Kier molecular flexibility index (Phi) is 4.57. The van der Waals surface area contributed by atoms with Crippen molar-refractivity contribution in [2.45, 2.75) is 52.1 Å². The Bertz CT molecular complexity index is 655. The number of aryl methyl sites for hydroxylation is 2. The molecule has 1 aromatic heterocycles. The average Bonchev–Trinajstić information content (AvgIpc) is 2.71. The molecule has 114 valence electrons. The zero-order valence-electron chi connectivity index (χ0n) is 13.0. The number of rotatable bonds is 4. The molecule has 1 amide bonds. The third-order valence-electron chi connectivity index (χ3n) is 3.18. The van der Waals surface area contributed by atoms with Gasteiger partial charge < -0.3 is 9.88 Å². The minimum Gasteiger partial charge on any atom is -0.351 e. The van der Waals surface area contributed by atoms with Crippen molar-refractivity contribution in [3.05, 3.63) is 29.6 Å². The molecular formula is C16H22ClN3O. The molecule has 0 aliphatic rings. The largest absolute Gasteiger partial charge is 0.351 e. The third kappa shape index (κ3) is 3.97. The van der Waals surface area contributed by atoms with Crippen LogP contribution in [0.1, 0.15) is 38.6 Å². The molecule has 0 aliphatic heterocycles. The van der Waals surface area contributed by atoms with Gasteiger partial charge in [-0.25, -0.2) is 4.98 Å². The van der Waals surface area contributed by atoms with E-state index in [1.165, 1.54) is 5.56 Å². The summed E-state index contributed by atoms with van der Waals surface area (Å²) in [4.78, 5) is 16.5. The summed E-state index contributed by atoms with van der Waals surface area (Å²) in [5, 5.41) is 2.97. The van der Waals surface area contributed by atoms with E-state index in [0.29, 0.717) is 18.8 Å². The zero-order valence-corrected chi connectivity index (χ0v) is 13.8. The Morgan fingerprint density at radius 2 is 2.10 bits per heavy atom. The van der Waals surface area contributed by atoms with Crippen LogP contribution in [0.15, 0.2) is 18.2 Å². The molecule has 0 fully saturated rings. The Hall–Kier alpha value is -1.55. The average molecular weight is 308 g/mol. The van der Waals surface area contributed by atoms with Crippen LogP contribution < -0.4 is 5.32 Å². The second-order valence-electron chi connectivity index (χ2n) is 6.35. The molecule has 0 spiro atoms. The predicted octanol–water partition coefficient (Wildman–Crippen LogP) is 3.39. The lowest BCUT2D eigenvalue weighted by Crippen LogP contribution is -2.40. The van der Waals surface area contributed by atoms with Crippen LogP contribution >= 0.6 is 11.6 Å². The first-order valence-electron chi connectivity index (χ1n) is 7.13. The maximum atomic E-state index is 12.0. The van der Waals surface area contributed by atoms with E-state index in [0.717, 1.165) is 16.9 Å². The molecule has 0 aliphatic carbocycles. The van der Waals surface area contributed by atoms with E-state index in [4.69, 9.17) is 11.6 Å². The van der Waals surface area contributed by atoms with Crippen molar-refractivity contribution < 1.29 is 4.79 Å². The highest BCUT2D eigenvalue weighted by atomic mass is 35.5. The number of hydrogen-bond donors (Lipinski definition) is 1. The second-order valence-corrected chi connectivity index (χ2v) is 6.62. The van der Waals surface area contributed by atoms with Crippen LogP contribution in [0.2, 0.25) is 0 Å². The molecule has 1 N–H and O–H groups in total. The summed E-state index contributed by atoms with van der Waals surface area (Å²) in [7, 11) is 0. The topological polar surface area (TPSA) is 46.9 Å². The van der Waals surface area contributed by atoms with Crippen LogP contribution in [0.4, 0.5) is 0 Å². The summed E-state index contributed by atoms with van der Waals surface area (Å²) in [5.41, 5.74) is 2.92. The molecule has 1 aromatic carbocycles. The summed E-state index contributed by atoms with van der Waals surface area (Å²) in [6, 6.07) is 6.11. The van der Waals surface area contributed by atoms with Crippen molar-refractivity contribution in [3.8, 4) is 0 Å². The van der Waals surface area contributed by atoms with Crippen molar-refractivity contribution in [2.24, 2.45) is 0 Å². The van der Waals surface area contributed by atoms with Gasteiger partial charge in [-0.15, -0.1) is 11.6 Å². The first-order chi connectivity index (χ1) is 9.80. The van der Waals surface area contributed by atoms with Crippen molar-refractivity contribution in [3.63, 3.8) is 0 Å². The van der Waals surface area contributed by atoms with Crippen molar-refractivity contribution in [1.82, 2.24) is 14.9 Å². The van der Waals surface area contributed by atoms with Crippen molar-refractivity contribution in [2.75, 3.05) is 0 Å². The third-order valence-corrected chi connectivity index (χ3v) is 3.42. The standard InChI is InChI=1S/C16H22ClN3O/c1-11-5-6-12-13(9-11)20(14(10-17)18-12)8-7-15(21)19-16(2,3)4/h5-6,9H,7-8,10H2,1-4H3,(H,19,21). The molecule has 0 saturated heterocycles. The van der Waals surface area contributed by atoms with Gasteiger partial charge in [0, 0.05) is 18.5 Å². The second kappa shape index (κ2) is 6.06. The number of nitrogens with one attached hydrogen (secondary N) is 1. The molecule has 0 saturated carbocycles. The number of nitrogens with zero attached hydrogens (tertiary/aromatic N) is 2. The van der Waals surface area contributed by atoms with Gasteiger partial charge in [-0.3, -0.25) is 4.79 Å². The SMILES string of the molecule is Cc1ccc2nc(CCl)n(CCC(=O)NC(C)(C)C)c2c1. The summed E-state index contributed by atoms with van der Waals surface area (Å²) >= 11 is 5.98. The van der Waals surface area contributed by atoms with Crippen LogP contribution in [-0.2, 0) is 17.2 Å². The number of amides is 1. The highest BCUT2D eigenvalue weighted by Crippen LogP contribution is 2.19. The van der Waals surface area contributed by atoms with E-state index >= 15 is 0 Å². The van der Waals surface area contributed by atoms with Gasteiger partial charge in [0.1, 0.15) is 5.82 Å². The first kappa shape index (κ1) is 15.8. The molecule has 2 rings (SSSR count). The maximum Gasteiger partial charge on any atom is 0.222 e. The number of fused-ring (bicyclic) bond motifs is 1. The minimum atomic E-state index is -0.208. The zero-order chi connectivity index (χ0) is 15.6. The van der Waals surface area contributed by atoms with Crippen LogP contribution in [0.5, 0.6) is 0 Å². The minimum absolute atomic E-state index is 0.0394. The smallest absolute Gasteiger partial charge is 0.222 e. The van der Waals surface area contributed by atoms with Crippen LogP contribution in [0, 0.1) is 6.92 Å². The number of halogens is 1. The first-order valence-corrected chi connectivity index (χ1v) is 7.66. The monoisotopic (exact) mass is 307 g/mol. The predicted molar refractivity (Wildman–Crippen MR) is 86.5 cm³/mol. The quantitative estimate of drug-likeness (QED) is 0.880. The highest BCUT2D eigenvalue weighted by Gasteiger charge is 2.15. The number of carbonyl (C=O) groups excluding carboxylic acids is 1. The molecule has 0 radical (unpaired) electrons. The lowest BCUT2D eigenvalue weighted by atomic mass is 10.1. The summed E-state index contributed by atoms with van der Waals surface area (Å²) < 4.78 is 2.04. The number of hydrogen-bond acceptors (Lipinski definition) is 2. The fourth-order valence-corrected chi connectivity index (χ4v) is 2.53. The molecule has 0 bridgehead atoms. The van der Waals surface area contributed by atoms with E-state index in [1.54, 1.807) is 0 Å². The van der Waals surface area contributed by atoms with E-state index in [2.05, 4.69) is 16.4 Å². The van der Waals surface area contributed by atoms with E-state index < -0.39 is 0 Å². The van der Waals surface area contributed by atoms with Crippen LogP contribution in [0.25, 0.3) is 11.0 Å². The van der Waals surface area contributed by atoms with Crippen LogP contribution in [0.3, 0.4) is 0 Å². The maximum absolute atomic E-state index is 12.0. The molecule has 4 nitrogen and oxygen atoms in total. The van der Waals surface area contributed by atoms with Gasteiger partial charge in [0.05, 0.1) is 16.9 Å². The van der Waals surface area contributed by atoms with Crippen LogP contribution in [-0.4, -0.2) is 21.0 Å². The molecule has 5 heteroatoms. The van der Waals surface area contributed by atoms with Gasteiger partial charge in [0.15, 0.2) is 0 Å². The van der Waals surface area contributed by atoms with Gasteiger partial charge in [-0.2, -0.15) is 0 Å². The van der Waals surface area contributed by atoms with Gasteiger partial charge in [-0.1, -0.05) is 6.07 Å². The number of benzene rings is 1. The number of aromatic nitrogens is 2. The van der Waals surface area contributed by atoms with Gasteiger partial charge in [-0.05, 0) is 45.4 Å². The Balaban J connectivity index is 2.21. The lowest BCUT2D eigenvalue weighted by Gasteiger charge is -2.20. The van der Waals surface area contributed by atoms with E-state index in [9.17, 15) is 4.79 Å². The van der Waals surface area contributed by atoms with E-state index in [-0.39, 0.29) is 11.4 Å². The normalized spacial score (nSPS) is 11.9. The van der Waals surface area contributed by atoms with Gasteiger partial charge >= 0.3 is 0 Å². The number of alkyl halides is 1. The summed E-state index contributed by atoms with van der Waals surface area (Å²) in [6.07, 6.45) is 0.417. The Labute approximate surface area is 130 Å². The van der Waals surface area contributed by atoms with Gasteiger partial charge in [0.2, 0.25) is 5.91 Å². The fourth-order valence-electron chi connectivity index (χ4n) is 2.33. The number of imidazole rings is 1. The highest BCUT2D eigenvalue weighted by molar-refractivity contribution is 6.16. The van der Waals surface area contributed by atoms with E-state index in [1.807, 2.05) is 44.4 Å². The number of carbonyl (C=O) groups is 1. The molecule has 2 aromatic rings.